The topological polar surface area (TPSA) is 77.8 Å². The summed E-state index contributed by atoms with van der Waals surface area (Å²) in [6, 6.07) is 0. The van der Waals surface area contributed by atoms with Gasteiger partial charge in [0.15, 0.2) is 0 Å². The van der Waals surface area contributed by atoms with Crippen molar-refractivity contribution in [2.24, 2.45) is 46.3 Å². The maximum absolute atomic E-state index is 11.1. The van der Waals surface area contributed by atoms with Gasteiger partial charge in [0, 0.05) is 6.42 Å². The van der Waals surface area contributed by atoms with Crippen LogP contribution in [-0.2, 0) is 4.79 Å². The maximum atomic E-state index is 11.1. The van der Waals surface area contributed by atoms with E-state index >= 15 is 0 Å². The summed E-state index contributed by atoms with van der Waals surface area (Å²) in [7, 11) is 0. The predicted molar refractivity (Wildman–Crippen MR) is 109 cm³/mol. The molecule has 3 N–H and O–H groups in total. The molecule has 0 aliphatic heterocycles. The predicted octanol–water partition coefficient (Wildman–Crippen LogP) is 4.48. The molecule has 4 saturated carbocycles. The molecule has 0 aromatic heterocycles. The fourth-order valence-electron chi connectivity index (χ4n) is 8.81. The standard InChI is InChI=1S/C24H40O4/c1-14(4-7-22(27)28)17-5-6-18-16-13-21(26)20-12-15(25)8-10-24(20,3)19(16)9-11-23(17,18)2/h14-21,25-26H,4-13H2,1-3H3,(H,27,28)/t14-,15-,16?,17-,18?,19?,20+,21+,23-,24-/m1/s1. The zero-order valence-corrected chi connectivity index (χ0v) is 17.9. The Morgan fingerprint density at radius 3 is 2.36 bits per heavy atom. The molecule has 0 radical (unpaired) electrons. The summed E-state index contributed by atoms with van der Waals surface area (Å²) >= 11 is 0. The van der Waals surface area contributed by atoms with Crippen LogP contribution in [0.4, 0.5) is 0 Å². The van der Waals surface area contributed by atoms with E-state index in [4.69, 9.17) is 5.11 Å². The van der Waals surface area contributed by atoms with E-state index in [1.165, 1.54) is 25.7 Å². The second-order valence-electron chi connectivity index (χ2n) is 11.4. The zero-order valence-electron chi connectivity index (χ0n) is 17.9. The molecule has 0 saturated heterocycles. The molecule has 0 aromatic carbocycles. The van der Waals surface area contributed by atoms with Gasteiger partial charge in [-0.15, -0.1) is 0 Å². The van der Waals surface area contributed by atoms with Crippen LogP contribution in [0, 0.1) is 46.3 Å². The van der Waals surface area contributed by atoms with Gasteiger partial charge in [0.05, 0.1) is 12.2 Å². The molecule has 3 unspecified atom stereocenters. The molecule has 4 heteroatoms. The summed E-state index contributed by atoms with van der Waals surface area (Å²) < 4.78 is 0. The SMILES string of the molecule is C[C@H](CCC(=O)O)[C@H]1CCC2C3C[C@H](O)[C@@H]4C[C@H](O)CC[C@]4(C)C3CC[C@@]21C. The van der Waals surface area contributed by atoms with E-state index in [-0.39, 0.29) is 30.0 Å². The van der Waals surface area contributed by atoms with E-state index in [0.717, 1.165) is 32.1 Å². The number of carboxylic acid groups (broad SMARTS) is 1. The second kappa shape index (κ2) is 7.27. The van der Waals surface area contributed by atoms with E-state index < -0.39 is 5.97 Å². The number of rotatable bonds is 4. The zero-order chi connectivity index (χ0) is 20.3. The van der Waals surface area contributed by atoms with E-state index in [2.05, 4.69) is 20.8 Å². The van der Waals surface area contributed by atoms with Gasteiger partial charge in [-0.2, -0.15) is 0 Å². The Morgan fingerprint density at radius 1 is 0.964 bits per heavy atom. The number of hydrogen-bond donors (Lipinski definition) is 3. The Bertz CT molecular complexity index is 605. The van der Waals surface area contributed by atoms with Crippen LogP contribution < -0.4 is 0 Å². The Hall–Kier alpha value is -0.610. The number of aliphatic carboxylic acids is 1. The van der Waals surface area contributed by atoms with Crippen molar-refractivity contribution >= 4 is 5.97 Å². The molecular formula is C24H40O4. The Labute approximate surface area is 170 Å². The third-order valence-electron chi connectivity index (χ3n) is 10.2. The first-order chi connectivity index (χ1) is 13.2. The molecule has 4 rings (SSSR count). The molecule has 4 aliphatic rings. The van der Waals surface area contributed by atoms with Gasteiger partial charge in [-0.05, 0) is 104 Å². The number of hydrogen-bond acceptors (Lipinski definition) is 3. The summed E-state index contributed by atoms with van der Waals surface area (Å²) in [4.78, 5) is 11.1. The van der Waals surface area contributed by atoms with Crippen molar-refractivity contribution in [1.29, 1.82) is 0 Å². The maximum Gasteiger partial charge on any atom is 0.303 e. The smallest absolute Gasteiger partial charge is 0.303 e. The van der Waals surface area contributed by atoms with Crippen molar-refractivity contribution < 1.29 is 20.1 Å². The van der Waals surface area contributed by atoms with Crippen LogP contribution in [-0.4, -0.2) is 33.5 Å². The monoisotopic (exact) mass is 392 g/mol. The molecule has 4 aliphatic carbocycles. The molecule has 0 bridgehead atoms. The van der Waals surface area contributed by atoms with E-state index in [9.17, 15) is 15.0 Å². The molecule has 0 spiro atoms. The largest absolute Gasteiger partial charge is 0.481 e. The fourth-order valence-corrected chi connectivity index (χ4v) is 8.81. The number of aliphatic hydroxyl groups is 2. The number of carbonyl (C=O) groups is 1. The number of fused-ring (bicyclic) bond motifs is 5. The van der Waals surface area contributed by atoms with Crippen LogP contribution in [0.3, 0.4) is 0 Å². The van der Waals surface area contributed by atoms with Gasteiger partial charge in [0.25, 0.3) is 0 Å². The van der Waals surface area contributed by atoms with Gasteiger partial charge in [0.1, 0.15) is 0 Å². The third-order valence-corrected chi connectivity index (χ3v) is 10.2. The van der Waals surface area contributed by atoms with Crippen LogP contribution in [0.2, 0.25) is 0 Å². The molecule has 0 aromatic rings. The average Bonchev–Trinajstić information content (AvgIpc) is 2.99. The van der Waals surface area contributed by atoms with Gasteiger partial charge in [-0.1, -0.05) is 20.8 Å². The van der Waals surface area contributed by atoms with Gasteiger partial charge in [0.2, 0.25) is 0 Å². The van der Waals surface area contributed by atoms with Crippen molar-refractivity contribution in [1.82, 2.24) is 0 Å². The Kier molecular flexibility index (Phi) is 5.36. The average molecular weight is 393 g/mol. The Morgan fingerprint density at radius 2 is 1.64 bits per heavy atom. The molecule has 4 fully saturated rings. The first kappa shape index (κ1) is 20.7. The third kappa shape index (κ3) is 3.14. The van der Waals surface area contributed by atoms with E-state index in [1.54, 1.807) is 0 Å². The molecule has 160 valence electrons. The number of aliphatic hydroxyl groups excluding tert-OH is 2. The highest BCUT2D eigenvalue weighted by molar-refractivity contribution is 5.66. The van der Waals surface area contributed by atoms with Crippen LogP contribution in [0.25, 0.3) is 0 Å². The van der Waals surface area contributed by atoms with Crippen molar-refractivity contribution in [2.45, 2.75) is 97.2 Å². The summed E-state index contributed by atoms with van der Waals surface area (Å²) in [6.07, 6.45) is 9.16. The summed E-state index contributed by atoms with van der Waals surface area (Å²) in [5.74, 6) is 2.61. The van der Waals surface area contributed by atoms with Gasteiger partial charge >= 0.3 is 5.97 Å². The molecule has 0 amide bonds. The second-order valence-corrected chi connectivity index (χ2v) is 11.4. The van der Waals surface area contributed by atoms with Crippen molar-refractivity contribution in [2.75, 3.05) is 0 Å². The molecule has 28 heavy (non-hydrogen) atoms. The lowest BCUT2D eigenvalue weighted by molar-refractivity contribution is -0.172. The minimum atomic E-state index is -0.677. The molecule has 4 nitrogen and oxygen atoms in total. The highest BCUT2D eigenvalue weighted by atomic mass is 16.4. The van der Waals surface area contributed by atoms with Crippen molar-refractivity contribution in [3.63, 3.8) is 0 Å². The highest BCUT2D eigenvalue weighted by Crippen LogP contribution is 2.68. The van der Waals surface area contributed by atoms with Crippen LogP contribution in [0.1, 0.15) is 85.0 Å². The lowest BCUT2D eigenvalue weighted by Gasteiger charge is -2.62. The lowest BCUT2D eigenvalue weighted by Crippen LogP contribution is -2.58. The lowest BCUT2D eigenvalue weighted by atomic mass is 9.44. The van der Waals surface area contributed by atoms with E-state index in [1.807, 2.05) is 0 Å². The first-order valence-electron chi connectivity index (χ1n) is 11.7. The fraction of sp³-hybridized carbons (Fsp3) is 0.958. The summed E-state index contributed by atoms with van der Waals surface area (Å²) in [6.45, 7) is 7.16. The van der Waals surface area contributed by atoms with Gasteiger partial charge < -0.3 is 15.3 Å². The van der Waals surface area contributed by atoms with Crippen molar-refractivity contribution in [3.05, 3.63) is 0 Å². The summed E-state index contributed by atoms with van der Waals surface area (Å²) in [5.41, 5.74) is 0.478. The van der Waals surface area contributed by atoms with Crippen LogP contribution in [0.15, 0.2) is 0 Å². The van der Waals surface area contributed by atoms with E-state index in [0.29, 0.717) is 35.0 Å². The van der Waals surface area contributed by atoms with Crippen molar-refractivity contribution in [3.8, 4) is 0 Å². The van der Waals surface area contributed by atoms with Crippen LogP contribution >= 0.6 is 0 Å². The highest BCUT2D eigenvalue weighted by Gasteiger charge is 2.62. The van der Waals surface area contributed by atoms with Gasteiger partial charge in [-0.25, -0.2) is 0 Å². The van der Waals surface area contributed by atoms with Crippen LogP contribution in [0.5, 0.6) is 0 Å². The van der Waals surface area contributed by atoms with Gasteiger partial charge in [-0.3, -0.25) is 4.79 Å². The molecule has 10 atom stereocenters. The Balaban J connectivity index is 1.55. The normalized spacial score (nSPS) is 51.7. The number of carboxylic acids is 1. The molecular weight excluding hydrogens is 352 g/mol. The molecule has 0 heterocycles. The quantitative estimate of drug-likeness (QED) is 0.659. The minimum Gasteiger partial charge on any atom is -0.481 e. The first-order valence-corrected chi connectivity index (χ1v) is 11.7. The minimum absolute atomic E-state index is 0.176. The summed E-state index contributed by atoms with van der Waals surface area (Å²) in [5, 5.41) is 30.4.